The molecular weight excluding hydrogens is 276 g/mol. The lowest BCUT2D eigenvalue weighted by molar-refractivity contribution is 0.271. The Balaban J connectivity index is 1.99. The largest absolute Gasteiger partial charge is 0.366 e. The second-order valence-electron chi connectivity index (χ2n) is 4.45. The van der Waals surface area contributed by atoms with Crippen LogP contribution in [-0.2, 0) is 0 Å². The van der Waals surface area contributed by atoms with E-state index in [-0.39, 0.29) is 0 Å². The van der Waals surface area contributed by atoms with Gasteiger partial charge in [0.15, 0.2) is 0 Å². The number of anilines is 2. The van der Waals surface area contributed by atoms with Gasteiger partial charge in [0.1, 0.15) is 0 Å². The molecule has 0 saturated carbocycles. The number of hydrogen-bond acceptors (Lipinski definition) is 5. The third-order valence-electron chi connectivity index (χ3n) is 3.46. The normalized spacial score (nSPS) is 17.9. The third-order valence-corrected chi connectivity index (χ3v) is 6.09. The molecule has 1 aliphatic rings. The fourth-order valence-electron chi connectivity index (χ4n) is 2.23. The van der Waals surface area contributed by atoms with E-state index in [1.165, 1.54) is 0 Å². The Kier molecular flexibility index (Phi) is 5.75. The van der Waals surface area contributed by atoms with Gasteiger partial charge in [0.2, 0.25) is 5.95 Å². The summed E-state index contributed by atoms with van der Waals surface area (Å²) in [4.78, 5) is 13.9. The van der Waals surface area contributed by atoms with Crippen molar-refractivity contribution in [1.82, 2.24) is 14.9 Å². The monoisotopic (exact) mass is 299 g/mol. The van der Waals surface area contributed by atoms with Crippen LogP contribution in [0.4, 0.5) is 11.6 Å². The van der Waals surface area contributed by atoms with Crippen molar-refractivity contribution in [2.45, 2.75) is 6.92 Å². The Morgan fingerprint density at radius 3 is 2.16 bits per heavy atom. The molecule has 106 valence electrons. The number of rotatable bonds is 5. The van der Waals surface area contributed by atoms with Crippen LogP contribution in [0, 0.1) is 0 Å². The Labute approximate surface area is 119 Å². The summed E-state index contributed by atoms with van der Waals surface area (Å²) in [5.41, 5.74) is 1.15. The molecule has 0 N–H and O–H groups in total. The quantitative estimate of drug-likeness (QED) is 0.776. The van der Waals surface area contributed by atoms with Crippen molar-refractivity contribution >= 4 is 29.1 Å². The predicted octanol–water partition coefficient (Wildman–Crippen LogP) is 1.87. The number of likely N-dealkylation sites (N-methyl/N-ethyl adjacent to an activating group) is 1. The SMILES string of the molecule is CCN1CCN(c2cnc(N(PC)PC)nc2)CC1. The highest BCUT2D eigenvalue weighted by molar-refractivity contribution is 7.58. The number of nitrogens with zero attached hydrogens (tertiary/aromatic N) is 5. The zero-order valence-electron chi connectivity index (χ0n) is 11.9. The number of piperazine rings is 1. The lowest BCUT2D eigenvalue weighted by Crippen LogP contribution is -2.46. The first kappa shape index (κ1) is 14.9. The zero-order chi connectivity index (χ0) is 13.7. The minimum Gasteiger partial charge on any atom is -0.366 e. The van der Waals surface area contributed by atoms with E-state index in [4.69, 9.17) is 0 Å². The summed E-state index contributed by atoms with van der Waals surface area (Å²) in [5.74, 6) is 0.859. The van der Waals surface area contributed by atoms with Gasteiger partial charge in [-0.25, -0.2) is 9.97 Å². The summed E-state index contributed by atoms with van der Waals surface area (Å²) in [5, 5.41) is 0. The van der Waals surface area contributed by atoms with E-state index >= 15 is 0 Å². The summed E-state index contributed by atoms with van der Waals surface area (Å²) < 4.78 is 2.22. The lowest BCUT2D eigenvalue weighted by Gasteiger charge is -2.35. The second-order valence-corrected chi connectivity index (χ2v) is 6.68. The summed E-state index contributed by atoms with van der Waals surface area (Å²) in [6, 6.07) is 0. The van der Waals surface area contributed by atoms with E-state index in [0.29, 0.717) is 0 Å². The molecule has 0 amide bonds. The topological polar surface area (TPSA) is 35.5 Å². The predicted molar refractivity (Wildman–Crippen MR) is 87.3 cm³/mol. The molecule has 5 nitrogen and oxygen atoms in total. The molecule has 7 heteroatoms. The molecule has 1 aromatic heterocycles. The highest BCUT2D eigenvalue weighted by atomic mass is 31.1. The molecule has 2 rings (SSSR count). The maximum absolute atomic E-state index is 4.51. The summed E-state index contributed by atoms with van der Waals surface area (Å²) in [6.45, 7) is 12.1. The van der Waals surface area contributed by atoms with Crippen molar-refractivity contribution in [3.05, 3.63) is 12.4 Å². The van der Waals surface area contributed by atoms with Crippen molar-refractivity contribution in [1.29, 1.82) is 0 Å². The molecule has 0 spiro atoms. The van der Waals surface area contributed by atoms with E-state index in [1.807, 2.05) is 12.4 Å². The average Bonchev–Trinajstić information content (AvgIpc) is 2.49. The van der Waals surface area contributed by atoms with E-state index < -0.39 is 0 Å². The van der Waals surface area contributed by atoms with Gasteiger partial charge in [0.25, 0.3) is 0 Å². The van der Waals surface area contributed by atoms with Gasteiger partial charge in [0, 0.05) is 26.2 Å². The van der Waals surface area contributed by atoms with E-state index in [9.17, 15) is 0 Å². The minimum absolute atomic E-state index is 0.726. The van der Waals surface area contributed by atoms with Crippen LogP contribution in [0.2, 0.25) is 0 Å². The third kappa shape index (κ3) is 3.75. The van der Waals surface area contributed by atoms with Gasteiger partial charge in [0.05, 0.1) is 18.1 Å². The Bertz CT molecular complexity index is 374. The molecule has 2 unspecified atom stereocenters. The molecule has 2 heterocycles. The van der Waals surface area contributed by atoms with E-state index in [1.54, 1.807) is 0 Å². The first-order valence-corrected chi connectivity index (χ1v) is 9.62. The highest BCUT2D eigenvalue weighted by Gasteiger charge is 2.16. The van der Waals surface area contributed by atoms with Crippen LogP contribution >= 0.6 is 17.5 Å². The summed E-state index contributed by atoms with van der Waals surface area (Å²) in [6.07, 6.45) is 3.94. The summed E-state index contributed by atoms with van der Waals surface area (Å²) >= 11 is 0. The Hall–Kier alpha value is -0.500. The molecule has 0 aliphatic carbocycles. The number of aromatic nitrogens is 2. The lowest BCUT2D eigenvalue weighted by atomic mass is 10.3. The van der Waals surface area contributed by atoms with Gasteiger partial charge < -0.3 is 14.2 Å². The Morgan fingerprint density at radius 1 is 1.11 bits per heavy atom. The standard InChI is InChI=1S/C12H23N5P2/c1-4-15-5-7-16(8-6-15)11-9-13-12(14-10-11)17(18-2)19-3/h9-10,18-19H,4-8H2,1-3H3. The van der Waals surface area contributed by atoms with E-state index in [2.05, 4.69) is 44.5 Å². The van der Waals surface area contributed by atoms with Crippen LogP contribution in [0.3, 0.4) is 0 Å². The Morgan fingerprint density at radius 2 is 1.68 bits per heavy atom. The first-order chi connectivity index (χ1) is 9.28. The van der Waals surface area contributed by atoms with Crippen molar-refractivity contribution in [2.75, 3.05) is 55.4 Å². The van der Waals surface area contributed by atoms with Crippen LogP contribution in [0.1, 0.15) is 6.92 Å². The van der Waals surface area contributed by atoms with Crippen molar-refractivity contribution in [2.24, 2.45) is 0 Å². The second kappa shape index (κ2) is 7.33. The van der Waals surface area contributed by atoms with Gasteiger partial charge in [-0.3, -0.25) is 0 Å². The molecule has 1 aliphatic heterocycles. The number of hydrogen-bond donors (Lipinski definition) is 0. The maximum Gasteiger partial charge on any atom is 0.231 e. The molecule has 2 atom stereocenters. The van der Waals surface area contributed by atoms with Crippen molar-refractivity contribution in [3.8, 4) is 0 Å². The molecule has 0 aromatic carbocycles. The average molecular weight is 299 g/mol. The smallest absolute Gasteiger partial charge is 0.231 e. The van der Waals surface area contributed by atoms with Gasteiger partial charge in [-0.1, -0.05) is 6.92 Å². The summed E-state index contributed by atoms with van der Waals surface area (Å²) in [7, 11) is 1.45. The highest BCUT2D eigenvalue weighted by Crippen LogP contribution is 2.31. The fourth-order valence-corrected chi connectivity index (χ4v) is 3.75. The molecule has 0 radical (unpaired) electrons. The molecular formula is C12H23N5P2. The van der Waals surface area contributed by atoms with Crippen LogP contribution in [0.25, 0.3) is 0 Å². The molecule has 19 heavy (non-hydrogen) atoms. The molecule has 1 fully saturated rings. The van der Waals surface area contributed by atoms with Crippen LogP contribution < -0.4 is 9.34 Å². The van der Waals surface area contributed by atoms with Gasteiger partial charge in [-0.05, 0) is 37.3 Å². The fraction of sp³-hybridized carbons (Fsp3) is 0.667. The maximum atomic E-state index is 4.51. The molecule has 1 saturated heterocycles. The van der Waals surface area contributed by atoms with Gasteiger partial charge in [-0.2, -0.15) is 0 Å². The van der Waals surface area contributed by atoms with Gasteiger partial charge >= 0.3 is 0 Å². The van der Waals surface area contributed by atoms with Crippen LogP contribution in [-0.4, -0.2) is 60.9 Å². The van der Waals surface area contributed by atoms with Gasteiger partial charge in [-0.15, -0.1) is 0 Å². The first-order valence-electron chi connectivity index (χ1n) is 6.72. The van der Waals surface area contributed by atoms with Crippen molar-refractivity contribution in [3.63, 3.8) is 0 Å². The molecule has 1 aromatic rings. The molecule has 0 bridgehead atoms. The van der Waals surface area contributed by atoms with Crippen molar-refractivity contribution < 1.29 is 0 Å². The van der Waals surface area contributed by atoms with E-state index in [0.717, 1.165) is 61.8 Å². The zero-order valence-corrected chi connectivity index (χ0v) is 13.9. The minimum atomic E-state index is 0.726. The van der Waals surface area contributed by atoms with Crippen LogP contribution in [0.15, 0.2) is 12.4 Å². The van der Waals surface area contributed by atoms with Crippen LogP contribution in [0.5, 0.6) is 0 Å².